The second kappa shape index (κ2) is 10.6. The minimum Gasteiger partial charge on any atom is -0.465 e. The lowest BCUT2D eigenvalue weighted by Crippen LogP contribution is -2.52. The number of anilines is 1. The number of nitrogens with one attached hydrogen (secondary N) is 1. The predicted molar refractivity (Wildman–Crippen MR) is 127 cm³/mol. The van der Waals surface area contributed by atoms with E-state index in [9.17, 15) is 14.4 Å². The first-order chi connectivity index (χ1) is 16.0. The van der Waals surface area contributed by atoms with E-state index in [1.807, 2.05) is 27.3 Å². The number of piperazine rings is 1. The van der Waals surface area contributed by atoms with Crippen LogP contribution in [0.15, 0.2) is 29.6 Å². The molecule has 1 aromatic carbocycles. The maximum Gasteiger partial charge on any atom is 0.341 e. The first-order valence-electron chi connectivity index (χ1n) is 10.8. The summed E-state index contributed by atoms with van der Waals surface area (Å²) in [4.78, 5) is 41.5. The third-order valence-corrected chi connectivity index (χ3v) is 6.99. The minimum absolute atomic E-state index is 0.0487. The molecule has 1 atom stereocenters. The topological polar surface area (TPSA) is 88.2 Å². The number of benzene rings is 1. The van der Waals surface area contributed by atoms with Gasteiger partial charge < -0.3 is 19.7 Å². The van der Waals surface area contributed by atoms with Crippen molar-refractivity contribution in [3.8, 4) is 11.1 Å². The van der Waals surface area contributed by atoms with Gasteiger partial charge in [0.25, 0.3) is 5.91 Å². The number of halogens is 1. The highest BCUT2D eigenvalue weighted by atomic mass is 35.5. The van der Waals surface area contributed by atoms with E-state index in [1.54, 1.807) is 12.1 Å². The summed E-state index contributed by atoms with van der Waals surface area (Å²) in [6.45, 7) is 3.17. The fourth-order valence-electron chi connectivity index (χ4n) is 4.07. The molecule has 2 saturated heterocycles. The molecule has 1 N–H and O–H groups in total. The van der Waals surface area contributed by atoms with Crippen molar-refractivity contribution in [2.24, 2.45) is 0 Å². The smallest absolute Gasteiger partial charge is 0.341 e. The number of esters is 1. The highest BCUT2D eigenvalue weighted by molar-refractivity contribution is 7.15. The van der Waals surface area contributed by atoms with E-state index in [2.05, 4.69) is 5.32 Å². The van der Waals surface area contributed by atoms with Crippen LogP contribution in [0.25, 0.3) is 11.1 Å². The zero-order valence-electron chi connectivity index (χ0n) is 18.3. The molecule has 2 aromatic rings. The average Bonchev–Trinajstić information content (AvgIpc) is 3.50. The number of hydrogen-bond donors (Lipinski definition) is 1. The van der Waals surface area contributed by atoms with Crippen molar-refractivity contribution >= 4 is 45.7 Å². The maximum atomic E-state index is 12.7. The van der Waals surface area contributed by atoms with Gasteiger partial charge >= 0.3 is 5.97 Å². The third-order valence-electron chi connectivity index (χ3n) is 5.85. The summed E-state index contributed by atoms with van der Waals surface area (Å²) in [5.41, 5.74) is 1.81. The standard InChI is InChI=1S/C23H26ClN3O5S/c1-31-23(30)20-17(15-4-6-16(24)7-5-15)14-33-21(20)25-19(28)13-26-8-10-27(11-9-26)22(29)18-3-2-12-32-18/h4-7,14,18H,2-3,8-13H2,1H3,(H,25,28). The van der Waals surface area contributed by atoms with Crippen molar-refractivity contribution in [3.63, 3.8) is 0 Å². The SMILES string of the molecule is COC(=O)c1c(-c2ccc(Cl)cc2)csc1NC(=O)CN1CCN(C(=O)C2CCCO2)CC1. The summed E-state index contributed by atoms with van der Waals surface area (Å²) >= 11 is 7.25. The normalized spacial score (nSPS) is 18.8. The molecule has 1 aromatic heterocycles. The lowest BCUT2D eigenvalue weighted by molar-refractivity contribution is -0.142. The van der Waals surface area contributed by atoms with Gasteiger partial charge in [-0.2, -0.15) is 0 Å². The highest BCUT2D eigenvalue weighted by Crippen LogP contribution is 2.36. The molecule has 2 aliphatic heterocycles. The van der Waals surface area contributed by atoms with E-state index < -0.39 is 5.97 Å². The Balaban J connectivity index is 1.37. The van der Waals surface area contributed by atoms with Crippen LogP contribution in [0.2, 0.25) is 5.02 Å². The van der Waals surface area contributed by atoms with Gasteiger partial charge in [0.05, 0.1) is 13.7 Å². The van der Waals surface area contributed by atoms with Crippen LogP contribution in [0.5, 0.6) is 0 Å². The molecule has 2 amide bonds. The zero-order valence-corrected chi connectivity index (χ0v) is 19.9. The Morgan fingerprint density at radius 3 is 2.55 bits per heavy atom. The molecular formula is C23H26ClN3O5S. The van der Waals surface area contributed by atoms with Crippen molar-refractivity contribution in [1.29, 1.82) is 0 Å². The highest BCUT2D eigenvalue weighted by Gasteiger charge is 2.31. The summed E-state index contributed by atoms with van der Waals surface area (Å²) in [6.07, 6.45) is 1.39. The van der Waals surface area contributed by atoms with Gasteiger partial charge in [0.15, 0.2) is 0 Å². The van der Waals surface area contributed by atoms with E-state index >= 15 is 0 Å². The predicted octanol–water partition coefficient (Wildman–Crippen LogP) is 3.12. The molecule has 33 heavy (non-hydrogen) atoms. The van der Waals surface area contributed by atoms with E-state index in [4.69, 9.17) is 21.1 Å². The van der Waals surface area contributed by atoms with Crippen molar-refractivity contribution in [2.45, 2.75) is 18.9 Å². The molecule has 4 rings (SSSR count). The van der Waals surface area contributed by atoms with E-state index in [-0.39, 0.29) is 24.5 Å². The fourth-order valence-corrected chi connectivity index (χ4v) is 5.17. The number of carbonyl (C=O) groups excluding carboxylic acids is 3. The number of methoxy groups -OCH3 is 1. The molecule has 2 aliphatic rings. The number of carbonyl (C=O) groups is 3. The minimum atomic E-state index is -0.516. The van der Waals surface area contributed by atoms with Crippen LogP contribution in [0, 0.1) is 0 Å². The van der Waals surface area contributed by atoms with Crippen molar-refractivity contribution < 1.29 is 23.9 Å². The van der Waals surface area contributed by atoms with Crippen LogP contribution in [-0.4, -0.2) is 80.1 Å². The Labute approximate surface area is 201 Å². The van der Waals surface area contributed by atoms with Crippen molar-refractivity contribution in [2.75, 3.05) is 51.8 Å². The van der Waals surface area contributed by atoms with Crippen LogP contribution in [-0.2, 0) is 19.1 Å². The van der Waals surface area contributed by atoms with Gasteiger partial charge in [0.1, 0.15) is 16.7 Å². The molecule has 8 nitrogen and oxygen atoms in total. The van der Waals surface area contributed by atoms with Gasteiger partial charge in [0.2, 0.25) is 5.91 Å². The Morgan fingerprint density at radius 2 is 1.91 bits per heavy atom. The van der Waals surface area contributed by atoms with Gasteiger partial charge in [-0.3, -0.25) is 14.5 Å². The van der Waals surface area contributed by atoms with Crippen molar-refractivity contribution in [1.82, 2.24) is 9.80 Å². The molecule has 1 unspecified atom stereocenters. The lowest BCUT2D eigenvalue weighted by atomic mass is 10.0. The molecule has 2 fully saturated rings. The van der Waals surface area contributed by atoms with E-state index in [0.29, 0.717) is 53.9 Å². The van der Waals surface area contributed by atoms with Crippen molar-refractivity contribution in [3.05, 3.63) is 40.2 Å². The van der Waals surface area contributed by atoms with Gasteiger partial charge in [-0.05, 0) is 30.5 Å². The zero-order chi connectivity index (χ0) is 23.4. The third kappa shape index (κ3) is 5.55. The lowest BCUT2D eigenvalue weighted by Gasteiger charge is -2.35. The molecule has 3 heterocycles. The maximum absolute atomic E-state index is 12.7. The number of thiophene rings is 1. The Kier molecular flexibility index (Phi) is 7.64. The second-order valence-corrected chi connectivity index (χ2v) is 9.32. The number of rotatable bonds is 6. The first kappa shape index (κ1) is 23.7. The van der Waals surface area contributed by atoms with E-state index in [0.717, 1.165) is 18.4 Å². The first-order valence-corrected chi connectivity index (χ1v) is 12.1. The Bertz CT molecular complexity index is 1010. The molecule has 0 spiro atoms. The number of amides is 2. The summed E-state index contributed by atoms with van der Waals surface area (Å²) in [5.74, 6) is -0.686. The quantitative estimate of drug-likeness (QED) is 0.625. The Hall–Kier alpha value is -2.46. The molecule has 10 heteroatoms. The summed E-state index contributed by atoms with van der Waals surface area (Å²) < 4.78 is 10.5. The molecule has 176 valence electrons. The van der Waals surface area contributed by atoms with Gasteiger partial charge in [-0.15, -0.1) is 11.3 Å². The Morgan fingerprint density at radius 1 is 1.18 bits per heavy atom. The number of ether oxygens (including phenoxy) is 2. The fraction of sp³-hybridized carbons (Fsp3) is 0.435. The summed E-state index contributed by atoms with van der Waals surface area (Å²) in [5, 5.41) is 5.73. The van der Waals surface area contributed by atoms with Crippen LogP contribution >= 0.6 is 22.9 Å². The van der Waals surface area contributed by atoms with Crippen LogP contribution in [0.3, 0.4) is 0 Å². The van der Waals surface area contributed by atoms with Gasteiger partial charge in [-0.1, -0.05) is 23.7 Å². The summed E-state index contributed by atoms with van der Waals surface area (Å²) in [7, 11) is 1.31. The monoisotopic (exact) mass is 491 g/mol. The molecule has 0 saturated carbocycles. The molecule has 0 bridgehead atoms. The molecular weight excluding hydrogens is 466 g/mol. The van der Waals surface area contributed by atoms with E-state index in [1.165, 1.54) is 18.4 Å². The molecule has 0 radical (unpaired) electrons. The van der Waals surface area contributed by atoms with Crippen LogP contribution in [0.1, 0.15) is 23.2 Å². The second-order valence-electron chi connectivity index (χ2n) is 8.00. The van der Waals surface area contributed by atoms with Gasteiger partial charge in [-0.25, -0.2) is 4.79 Å². The van der Waals surface area contributed by atoms with Crippen LogP contribution < -0.4 is 5.32 Å². The van der Waals surface area contributed by atoms with Crippen LogP contribution in [0.4, 0.5) is 5.00 Å². The largest absolute Gasteiger partial charge is 0.465 e. The average molecular weight is 492 g/mol. The molecule has 0 aliphatic carbocycles. The summed E-state index contributed by atoms with van der Waals surface area (Å²) in [6, 6.07) is 7.13. The van der Waals surface area contributed by atoms with Gasteiger partial charge in [0, 0.05) is 48.8 Å². The number of nitrogens with zero attached hydrogens (tertiary/aromatic N) is 2. The number of hydrogen-bond acceptors (Lipinski definition) is 7.